The SMILES string of the molecule is CCOCC1c2ccccc2-c2cccc(C(=O)O)c21. The molecule has 0 fully saturated rings. The van der Waals surface area contributed by atoms with Crippen molar-refractivity contribution < 1.29 is 14.6 Å². The summed E-state index contributed by atoms with van der Waals surface area (Å²) in [4.78, 5) is 11.5. The molecular weight excluding hydrogens is 252 g/mol. The third-order valence-electron chi connectivity index (χ3n) is 3.80. The largest absolute Gasteiger partial charge is 0.478 e. The van der Waals surface area contributed by atoms with Gasteiger partial charge in [0, 0.05) is 12.5 Å². The van der Waals surface area contributed by atoms with Crippen LogP contribution in [0.5, 0.6) is 0 Å². The normalized spacial score (nSPS) is 15.8. The summed E-state index contributed by atoms with van der Waals surface area (Å²) in [5, 5.41) is 9.43. The number of carboxylic acid groups (broad SMARTS) is 1. The minimum absolute atomic E-state index is 0.00782. The standard InChI is InChI=1S/C17H16O3/c1-2-20-10-15-12-7-4-3-6-11(12)13-8-5-9-14(16(13)15)17(18)19/h3-9,15H,2,10H2,1H3,(H,18,19). The fraction of sp³-hybridized carbons (Fsp3) is 0.235. The highest BCUT2D eigenvalue weighted by Crippen LogP contribution is 2.46. The molecule has 0 radical (unpaired) electrons. The van der Waals surface area contributed by atoms with E-state index in [0.29, 0.717) is 18.8 Å². The van der Waals surface area contributed by atoms with Gasteiger partial charge in [0.05, 0.1) is 12.2 Å². The molecule has 20 heavy (non-hydrogen) atoms. The Bertz CT molecular complexity index is 661. The first-order chi connectivity index (χ1) is 9.74. The first-order valence-corrected chi connectivity index (χ1v) is 6.77. The Kier molecular flexibility index (Phi) is 3.28. The van der Waals surface area contributed by atoms with Crippen LogP contribution in [0.1, 0.15) is 34.3 Å². The Balaban J connectivity index is 2.20. The number of aromatic carboxylic acids is 1. The molecule has 0 amide bonds. The van der Waals surface area contributed by atoms with Crippen molar-refractivity contribution in [2.45, 2.75) is 12.8 Å². The van der Waals surface area contributed by atoms with Crippen molar-refractivity contribution in [3.63, 3.8) is 0 Å². The van der Waals surface area contributed by atoms with Crippen molar-refractivity contribution in [1.29, 1.82) is 0 Å². The Morgan fingerprint density at radius 3 is 2.65 bits per heavy atom. The summed E-state index contributed by atoms with van der Waals surface area (Å²) >= 11 is 0. The summed E-state index contributed by atoms with van der Waals surface area (Å²) in [5.41, 5.74) is 4.56. The number of ether oxygens (including phenoxy) is 1. The average molecular weight is 268 g/mol. The van der Waals surface area contributed by atoms with Crippen molar-refractivity contribution in [3.8, 4) is 11.1 Å². The monoisotopic (exact) mass is 268 g/mol. The molecule has 2 aromatic rings. The summed E-state index contributed by atoms with van der Waals surface area (Å²) < 4.78 is 5.57. The van der Waals surface area contributed by atoms with Gasteiger partial charge < -0.3 is 9.84 Å². The highest BCUT2D eigenvalue weighted by molar-refractivity contribution is 5.95. The number of benzene rings is 2. The van der Waals surface area contributed by atoms with E-state index in [-0.39, 0.29) is 5.92 Å². The summed E-state index contributed by atoms with van der Waals surface area (Å²) in [7, 11) is 0. The van der Waals surface area contributed by atoms with Gasteiger partial charge in [-0.25, -0.2) is 4.79 Å². The van der Waals surface area contributed by atoms with E-state index in [1.165, 1.54) is 0 Å². The van der Waals surface area contributed by atoms with E-state index in [0.717, 1.165) is 22.3 Å². The molecule has 0 spiro atoms. The number of rotatable bonds is 4. The lowest BCUT2D eigenvalue weighted by atomic mass is 9.93. The van der Waals surface area contributed by atoms with Crippen LogP contribution in [-0.4, -0.2) is 24.3 Å². The average Bonchev–Trinajstić information content (AvgIpc) is 2.79. The van der Waals surface area contributed by atoms with E-state index >= 15 is 0 Å². The van der Waals surface area contributed by atoms with E-state index in [1.54, 1.807) is 6.07 Å². The molecule has 1 atom stereocenters. The first kappa shape index (κ1) is 12.9. The maximum Gasteiger partial charge on any atom is 0.336 e. The maximum absolute atomic E-state index is 11.5. The van der Waals surface area contributed by atoms with Crippen LogP contribution in [0.4, 0.5) is 0 Å². The Labute approximate surface area is 117 Å². The second-order valence-electron chi connectivity index (χ2n) is 4.87. The third-order valence-corrected chi connectivity index (χ3v) is 3.80. The summed E-state index contributed by atoms with van der Waals surface area (Å²) in [6, 6.07) is 13.6. The molecule has 3 nitrogen and oxygen atoms in total. The van der Waals surface area contributed by atoms with Crippen LogP contribution in [0.15, 0.2) is 42.5 Å². The van der Waals surface area contributed by atoms with Crippen molar-refractivity contribution in [2.24, 2.45) is 0 Å². The van der Waals surface area contributed by atoms with Crippen LogP contribution >= 0.6 is 0 Å². The molecule has 3 heteroatoms. The van der Waals surface area contributed by atoms with Gasteiger partial charge in [-0.2, -0.15) is 0 Å². The Hall–Kier alpha value is -2.13. The van der Waals surface area contributed by atoms with Gasteiger partial charge >= 0.3 is 5.97 Å². The van der Waals surface area contributed by atoms with Gasteiger partial charge in [0.1, 0.15) is 0 Å². The van der Waals surface area contributed by atoms with Crippen LogP contribution in [-0.2, 0) is 4.74 Å². The quantitative estimate of drug-likeness (QED) is 0.922. The predicted molar refractivity (Wildman–Crippen MR) is 77.2 cm³/mol. The fourth-order valence-electron chi connectivity index (χ4n) is 2.97. The Morgan fingerprint density at radius 2 is 1.90 bits per heavy atom. The summed E-state index contributed by atoms with van der Waals surface area (Å²) in [6.07, 6.45) is 0. The number of fused-ring (bicyclic) bond motifs is 3. The van der Waals surface area contributed by atoms with Crippen molar-refractivity contribution >= 4 is 5.97 Å². The van der Waals surface area contributed by atoms with Crippen LogP contribution in [0.25, 0.3) is 11.1 Å². The number of hydrogen-bond donors (Lipinski definition) is 1. The zero-order chi connectivity index (χ0) is 14.1. The van der Waals surface area contributed by atoms with Crippen LogP contribution in [0.2, 0.25) is 0 Å². The van der Waals surface area contributed by atoms with Crippen LogP contribution in [0.3, 0.4) is 0 Å². The first-order valence-electron chi connectivity index (χ1n) is 6.77. The lowest BCUT2D eigenvalue weighted by Gasteiger charge is -2.15. The Morgan fingerprint density at radius 1 is 1.15 bits per heavy atom. The minimum Gasteiger partial charge on any atom is -0.478 e. The van der Waals surface area contributed by atoms with Gasteiger partial charge in [-0.3, -0.25) is 0 Å². The topological polar surface area (TPSA) is 46.5 Å². The minimum atomic E-state index is -0.879. The molecule has 1 aliphatic carbocycles. The van der Waals surface area contributed by atoms with E-state index in [9.17, 15) is 9.90 Å². The van der Waals surface area contributed by atoms with Gasteiger partial charge in [0.2, 0.25) is 0 Å². The third kappa shape index (κ3) is 1.91. The summed E-state index contributed by atoms with van der Waals surface area (Å²) in [6.45, 7) is 3.10. The van der Waals surface area contributed by atoms with Crippen molar-refractivity contribution in [1.82, 2.24) is 0 Å². The van der Waals surface area contributed by atoms with E-state index in [2.05, 4.69) is 6.07 Å². The lowest BCUT2D eigenvalue weighted by molar-refractivity contribution is 0.0694. The summed E-state index contributed by atoms with van der Waals surface area (Å²) in [5.74, 6) is -0.871. The molecule has 102 valence electrons. The zero-order valence-electron chi connectivity index (χ0n) is 11.3. The predicted octanol–water partition coefficient (Wildman–Crippen LogP) is 3.53. The molecule has 0 aliphatic heterocycles. The highest BCUT2D eigenvalue weighted by Gasteiger charge is 2.32. The maximum atomic E-state index is 11.5. The van der Waals surface area contributed by atoms with E-state index in [1.807, 2.05) is 37.3 Å². The molecule has 0 aromatic heterocycles. The molecule has 0 saturated heterocycles. The molecule has 2 aromatic carbocycles. The van der Waals surface area contributed by atoms with Crippen LogP contribution < -0.4 is 0 Å². The molecule has 1 N–H and O–H groups in total. The van der Waals surface area contributed by atoms with E-state index < -0.39 is 5.97 Å². The molecule has 0 bridgehead atoms. The zero-order valence-corrected chi connectivity index (χ0v) is 11.3. The smallest absolute Gasteiger partial charge is 0.336 e. The molecule has 3 rings (SSSR count). The molecule has 1 aliphatic rings. The van der Waals surface area contributed by atoms with Crippen molar-refractivity contribution in [3.05, 3.63) is 59.2 Å². The van der Waals surface area contributed by atoms with Crippen molar-refractivity contribution in [2.75, 3.05) is 13.2 Å². The van der Waals surface area contributed by atoms with Gasteiger partial charge in [-0.1, -0.05) is 36.4 Å². The van der Waals surface area contributed by atoms with E-state index in [4.69, 9.17) is 4.74 Å². The molecule has 0 heterocycles. The van der Waals surface area contributed by atoms with Gasteiger partial charge in [-0.15, -0.1) is 0 Å². The second kappa shape index (κ2) is 5.10. The fourth-order valence-corrected chi connectivity index (χ4v) is 2.97. The van der Waals surface area contributed by atoms with Crippen LogP contribution in [0, 0.1) is 0 Å². The second-order valence-corrected chi connectivity index (χ2v) is 4.87. The lowest BCUT2D eigenvalue weighted by Crippen LogP contribution is -2.11. The molecule has 1 unspecified atom stereocenters. The van der Waals surface area contributed by atoms with Gasteiger partial charge in [-0.05, 0) is 35.2 Å². The molecular formula is C17H16O3. The highest BCUT2D eigenvalue weighted by atomic mass is 16.5. The molecule has 0 saturated carbocycles. The number of carbonyl (C=O) groups is 1. The van der Waals surface area contributed by atoms with Gasteiger partial charge in [0.15, 0.2) is 0 Å². The van der Waals surface area contributed by atoms with Gasteiger partial charge in [0.25, 0.3) is 0 Å². The number of carboxylic acids is 1. The number of hydrogen-bond acceptors (Lipinski definition) is 2.